The van der Waals surface area contributed by atoms with Gasteiger partial charge < -0.3 is 5.32 Å². The van der Waals surface area contributed by atoms with E-state index in [0.717, 1.165) is 23.1 Å². The number of nitrogens with zero attached hydrogens (tertiary/aromatic N) is 2. The molecule has 1 atom stereocenters. The van der Waals surface area contributed by atoms with Gasteiger partial charge in [0.05, 0.1) is 11.0 Å². The molecule has 0 aliphatic rings. The molecule has 0 amide bonds. The van der Waals surface area contributed by atoms with Crippen LogP contribution in [0, 0.1) is 0 Å². The van der Waals surface area contributed by atoms with Crippen molar-refractivity contribution in [2.24, 2.45) is 0 Å². The van der Waals surface area contributed by atoms with Crippen LogP contribution in [-0.2, 0) is 0 Å². The SMILES string of the molecule is CCCCC(CC)Nc1ccc2nccnc2c1. The fourth-order valence-corrected chi connectivity index (χ4v) is 2.12. The first kappa shape index (κ1) is 12.8. The van der Waals surface area contributed by atoms with Gasteiger partial charge in [-0.15, -0.1) is 0 Å². The lowest BCUT2D eigenvalue weighted by molar-refractivity contribution is 0.593. The number of unbranched alkanes of at least 4 members (excludes halogenated alkanes) is 1. The van der Waals surface area contributed by atoms with Gasteiger partial charge in [0.15, 0.2) is 0 Å². The molecule has 0 spiro atoms. The van der Waals surface area contributed by atoms with Crippen LogP contribution in [0.15, 0.2) is 30.6 Å². The zero-order valence-electron chi connectivity index (χ0n) is 11.2. The minimum atomic E-state index is 0.555. The van der Waals surface area contributed by atoms with Crippen LogP contribution in [0.2, 0.25) is 0 Å². The van der Waals surface area contributed by atoms with E-state index in [4.69, 9.17) is 0 Å². The molecule has 0 saturated heterocycles. The summed E-state index contributed by atoms with van der Waals surface area (Å²) in [7, 11) is 0. The van der Waals surface area contributed by atoms with Crippen LogP contribution in [0.25, 0.3) is 11.0 Å². The molecule has 3 nitrogen and oxygen atoms in total. The molecule has 0 aliphatic heterocycles. The highest BCUT2D eigenvalue weighted by atomic mass is 14.9. The average molecular weight is 243 g/mol. The lowest BCUT2D eigenvalue weighted by atomic mass is 10.1. The van der Waals surface area contributed by atoms with Gasteiger partial charge in [0.2, 0.25) is 0 Å². The molecule has 2 rings (SSSR count). The fraction of sp³-hybridized carbons (Fsp3) is 0.467. The van der Waals surface area contributed by atoms with E-state index in [1.165, 1.54) is 19.3 Å². The number of rotatable bonds is 6. The summed E-state index contributed by atoms with van der Waals surface area (Å²) in [4.78, 5) is 8.62. The van der Waals surface area contributed by atoms with Gasteiger partial charge in [0.1, 0.15) is 0 Å². The van der Waals surface area contributed by atoms with Gasteiger partial charge in [-0.25, -0.2) is 0 Å². The molecule has 96 valence electrons. The largest absolute Gasteiger partial charge is 0.382 e. The van der Waals surface area contributed by atoms with Gasteiger partial charge in [-0.3, -0.25) is 9.97 Å². The van der Waals surface area contributed by atoms with Gasteiger partial charge >= 0.3 is 0 Å². The number of aromatic nitrogens is 2. The minimum Gasteiger partial charge on any atom is -0.382 e. The monoisotopic (exact) mass is 243 g/mol. The second kappa shape index (κ2) is 6.34. The molecule has 0 fully saturated rings. The van der Waals surface area contributed by atoms with Crippen LogP contribution in [0.5, 0.6) is 0 Å². The van der Waals surface area contributed by atoms with Crippen molar-refractivity contribution in [1.29, 1.82) is 0 Å². The number of benzene rings is 1. The highest BCUT2D eigenvalue weighted by molar-refractivity contribution is 5.78. The summed E-state index contributed by atoms with van der Waals surface area (Å²) in [6.07, 6.45) is 8.37. The normalized spacial score (nSPS) is 12.6. The van der Waals surface area contributed by atoms with Crippen molar-refractivity contribution >= 4 is 16.7 Å². The van der Waals surface area contributed by atoms with E-state index in [-0.39, 0.29) is 0 Å². The summed E-state index contributed by atoms with van der Waals surface area (Å²) in [5, 5.41) is 3.59. The lowest BCUT2D eigenvalue weighted by Gasteiger charge is -2.18. The van der Waals surface area contributed by atoms with E-state index in [0.29, 0.717) is 6.04 Å². The quantitative estimate of drug-likeness (QED) is 0.833. The molecule has 0 radical (unpaired) electrons. The summed E-state index contributed by atoms with van der Waals surface area (Å²) in [5.41, 5.74) is 3.04. The molecule has 2 aromatic rings. The molecule has 1 aromatic carbocycles. The maximum absolute atomic E-state index is 4.33. The highest BCUT2D eigenvalue weighted by Gasteiger charge is 2.06. The van der Waals surface area contributed by atoms with E-state index in [1.807, 2.05) is 6.07 Å². The Labute approximate surface area is 109 Å². The Kier molecular flexibility index (Phi) is 4.51. The Bertz CT molecular complexity index is 496. The van der Waals surface area contributed by atoms with Crippen LogP contribution in [0.4, 0.5) is 5.69 Å². The molecule has 0 bridgehead atoms. The Balaban J connectivity index is 2.10. The molecule has 0 saturated carbocycles. The molecular weight excluding hydrogens is 222 g/mol. The summed E-state index contributed by atoms with van der Waals surface area (Å²) >= 11 is 0. The molecule has 1 heterocycles. The molecule has 1 unspecified atom stereocenters. The predicted molar refractivity (Wildman–Crippen MR) is 76.8 cm³/mol. The average Bonchev–Trinajstić information content (AvgIpc) is 2.43. The summed E-state index contributed by atoms with van der Waals surface area (Å²) in [6, 6.07) is 6.75. The first-order valence-corrected chi connectivity index (χ1v) is 6.80. The third-order valence-electron chi connectivity index (χ3n) is 3.24. The van der Waals surface area contributed by atoms with Gasteiger partial charge in [-0.2, -0.15) is 0 Å². The number of anilines is 1. The summed E-state index contributed by atoms with van der Waals surface area (Å²) < 4.78 is 0. The molecule has 0 aliphatic carbocycles. The number of hydrogen-bond acceptors (Lipinski definition) is 3. The standard InChI is InChI=1S/C15H21N3/c1-3-5-6-12(4-2)18-13-7-8-14-15(11-13)17-10-9-16-14/h7-12,18H,3-6H2,1-2H3. The zero-order chi connectivity index (χ0) is 12.8. The lowest BCUT2D eigenvalue weighted by Crippen LogP contribution is -2.18. The topological polar surface area (TPSA) is 37.8 Å². The van der Waals surface area contributed by atoms with Crippen LogP contribution in [0.1, 0.15) is 39.5 Å². The minimum absolute atomic E-state index is 0.555. The van der Waals surface area contributed by atoms with Crippen molar-refractivity contribution in [2.45, 2.75) is 45.6 Å². The smallest absolute Gasteiger partial charge is 0.0907 e. The van der Waals surface area contributed by atoms with Crippen molar-refractivity contribution in [3.05, 3.63) is 30.6 Å². The van der Waals surface area contributed by atoms with Gasteiger partial charge in [-0.1, -0.05) is 26.7 Å². The van der Waals surface area contributed by atoms with Crippen LogP contribution in [0.3, 0.4) is 0 Å². The first-order chi connectivity index (χ1) is 8.83. The van der Waals surface area contributed by atoms with Crippen molar-refractivity contribution < 1.29 is 0 Å². The maximum atomic E-state index is 4.33. The van der Waals surface area contributed by atoms with Crippen molar-refractivity contribution in [2.75, 3.05) is 5.32 Å². The van der Waals surface area contributed by atoms with Crippen LogP contribution in [-0.4, -0.2) is 16.0 Å². The van der Waals surface area contributed by atoms with E-state index < -0.39 is 0 Å². The molecule has 1 aromatic heterocycles. The third-order valence-corrected chi connectivity index (χ3v) is 3.24. The third kappa shape index (κ3) is 3.19. The number of nitrogens with one attached hydrogen (secondary N) is 1. The maximum Gasteiger partial charge on any atom is 0.0907 e. The second-order valence-corrected chi connectivity index (χ2v) is 4.65. The van der Waals surface area contributed by atoms with E-state index in [2.05, 4.69) is 41.3 Å². The van der Waals surface area contributed by atoms with Crippen LogP contribution >= 0.6 is 0 Å². The van der Waals surface area contributed by atoms with Crippen molar-refractivity contribution in [3.8, 4) is 0 Å². The highest BCUT2D eigenvalue weighted by Crippen LogP contribution is 2.18. The molecule has 3 heteroatoms. The first-order valence-electron chi connectivity index (χ1n) is 6.80. The van der Waals surface area contributed by atoms with E-state index in [1.54, 1.807) is 12.4 Å². The fourth-order valence-electron chi connectivity index (χ4n) is 2.12. The second-order valence-electron chi connectivity index (χ2n) is 4.65. The summed E-state index contributed by atoms with van der Waals surface area (Å²) in [5.74, 6) is 0. The Morgan fingerprint density at radius 1 is 1.11 bits per heavy atom. The Hall–Kier alpha value is -1.64. The number of hydrogen-bond donors (Lipinski definition) is 1. The van der Waals surface area contributed by atoms with Gasteiger partial charge in [0.25, 0.3) is 0 Å². The predicted octanol–water partition coefficient (Wildman–Crippen LogP) is 4.01. The zero-order valence-corrected chi connectivity index (χ0v) is 11.2. The van der Waals surface area contributed by atoms with Crippen LogP contribution < -0.4 is 5.32 Å². The van der Waals surface area contributed by atoms with Gasteiger partial charge in [0, 0.05) is 24.1 Å². The van der Waals surface area contributed by atoms with E-state index >= 15 is 0 Å². The Morgan fingerprint density at radius 2 is 1.89 bits per heavy atom. The summed E-state index contributed by atoms with van der Waals surface area (Å²) in [6.45, 7) is 4.46. The molecular formula is C15H21N3. The number of fused-ring (bicyclic) bond motifs is 1. The van der Waals surface area contributed by atoms with E-state index in [9.17, 15) is 0 Å². The van der Waals surface area contributed by atoms with Gasteiger partial charge in [-0.05, 0) is 31.0 Å². The van der Waals surface area contributed by atoms with Crippen molar-refractivity contribution in [3.63, 3.8) is 0 Å². The Morgan fingerprint density at radius 3 is 2.61 bits per heavy atom. The molecule has 1 N–H and O–H groups in total. The molecule has 18 heavy (non-hydrogen) atoms. The van der Waals surface area contributed by atoms with Crippen molar-refractivity contribution in [1.82, 2.24) is 9.97 Å².